The van der Waals surface area contributed by atoms with Crippen molar-refractivity contribution in [3.63, 3.8) is 0 Å². The van der Waals surface area contributed by atoms with Crippen molar-refractivity contribution in [1.29, 1.82) is 0 Å². The van der Waals surface area contributed by atoms with Gasteiger partial charge in [0.05, 0.1) is 5.92 Å². The van der Waals surface area contributed by atoms with E-state index in [4.69, 9.17) is 4.74 Å². The number of carboxylic acid groups (broad SMARTS) is 1. The summed E-state index contributed by atoms with van der Waals surface area (Å²) in [6.45, 7) is 9.14. The molecule has 3 nitrogen and oxygen atoms in total. The topological polar surface area (TPSA) is 46.5 Å². The Morgan fingerprint density at radius 1 is 1.05 bits per heavy atom. The maximum atomic E-state index is 15.0. The van der Waals surface area contributed by atoms with Crippen molar-refractivity contribution in [2.24, 2.45) is 17.3 Å². The lowest BCUT2D eigenvalue weighted by Crippen LogP contribution is -2.17. The normalized spacial score (nSPS) is 26.9. The van der Waals surface area contributed by atoms with Gasteiger partial charge in [-0.3, -0.25) is 4.79 Å². The number of halogens is 1. The lowest BCUT2D eigenvalue weighted by Gasteiger charge is -2.30. The highest BCUT2D eigenvalue weighted by Gasteiger charge is 2.68. The van der Waals surface area contributed by atoms with E-state index in [9.17, 15) is 9.90 Å². The summed E-state index contributed by atoms with van der Waals surface area (Å²) in [5.41, 5.74) is 7.32. The van der Waals surface area contributed by atoms with Gasteiger partial charge in [0.2, 0.25) is 0 Å². The van der Waals surface area contributed by atoms with Gasteiger partial charge in [0.15, 0.2) is 0 Å². The highest BCUT2D eigenvalue weighted by molar-refractivity contribution is 5.79. The standard InChI is InChI=1S/C34H37FO3/c1-20-7-12-30(35)27(16-20)25-11-8-22(17-26(25)28-6-5-14-33(28,3)4)19-38-24-10-9-23-13-15-34(29(23)18-24)21(2)31(34)32(36)37/h7-12,16-18,21,28,31H,5-6,13-15,19H2,1-4H3,(H,36,37)/t21-,28-,31+,34-/m1/s1. The van der Waals surface area contributed by atoms with Crippen LogP contribution in [0.15, 0.2) is 54.6 Å². The molecule has 0 aliphatic heterocycles. The molecule has 1 spiro atoms. The average Bonchev–Trinajstić information content (AvgIpc) is 3.11. The van der Waals surface area contributed by atoms with Gasteiger partial charge in [0, 0.05) is 11.0 Å². The van der Waals surface area contributed by atoms with Crippen LogP contribution in [0.4, 0.5) is 4.39 Å². The van der Waals surface area contributed by atoms with Crippen LogP contribution < -0.4 is 4.74 Å². The summed E-state index contributed by atoms with van der Waals surface area (Å²) >= 11 is 0. The van der Waals surface area contributed by atoms with Gasteiger partial charge in [0.1, 0.15) is 18.2 Å². The first kappa shape index (κ1) is 25.2. The third kappa shape index (κ3) is 3.95. The molecule has 198 valence electrons. The number of carbonyl (C=O) groups is 1. The van der Waals surface area contributed by atoms with Crippen LogP contribution in [0.3, 0.4) is 0 Å². The molecule has 2 fully saturated rings. The Bertz CT molecular complexity index is 1420. The molecule has 0 aromatic heterocycles. The number of fused-ring (bicyclic) bond motifs is 2. The Balaban J connectivity index is 1.30. The number of carboxylic acids is 1. The van der Waals surface area contributed by atoms with Gasteiger partial charge in [0.25, 0.3) is 0 Å². The molecule has 38 heavy (non-hydrogen) atoms. The minimum absolute atomic E-state index is 0.156. The zero-order valence-electron chi connectivity index (χ0n) is 22.8. The van der Waals surface area contributed by atoms with Crippen LogP contribution >= 0.6 is 0 Å². The molecule has 2 saturated carbocycles. The summed E-state index contributed by atoms with van der Waals surface area (Å²) in [5.74, 6) is 0.127. The quantitative estimate of drug-likeness (QED) is 0.362. The highest BCUT2D eigenvalue weighted by atomic mass is 19.1. The molecule has 3 aromatic rings. The summed E-state index contributed by atoms with van der Waals surface area (Å²) in [4.78, 5) is 11.8. The van der Waals surface area contributed by atoms with Crippen molar-refractivity contribution in [3.8, 4) is 16.9 Å². The number of aliphatic carboxylic acids is 1. The smallest absolute Gasteiger partial charge is 0.307 e. The van der Waals surface area contributed by atoms with Crippen LogP contribution in [0.1, 0.15) is 80.2 Å². The molecule has 4 heteroatoms. The van der Waals surface area contributed by atoms with Gasteiger partial charge in [-0.2, -0.15) is 0 Å². The first-order chi connectivity index (χ1) is 18.1. The Hall–Kier alpha value is -3.14. The van der Waals surface area contributed by atoms with Gasteiger partial charge in [-0.25, -0.2) is 4.39 Å². The Morgan fingerprint density at radius 2 is 1.87 bits per heavy atom. The number of rotatable bonds is 6. The molecule has 0 unspecified atom stereocenters. The second-order valence-electron chi connectivity index (χ2n) is 12.6. The summed E-state index contributed by atoms with van der Waals surface area (Å²) < 4.78 is 21.3. The molecule has 0 bridgehead atoms. The number of hydrogen-bond acceptors (Lipinski definition) is 2. The summed E-state index contributed by atoms with van der Waals surface area (Å²) in [6.07, 6.45) is 5.29. The minimum atomic E-state index is -0.691. The minimum Gasteiger partial charge on any atom is -0.489 e. The van der Waals surface area contributed by atoms with E-state index in [0.717, 1.165) is 47.3 Å². The molecule has 3 aliphatic rings. The van der Waals surface area contributed by atoms with E-state index >= 15 is 4.39 Å². The predicted molar refractivity (Wildman–Crippen MR) is 148 cm³/mol. The van der Waals surface area contributed by atoms with Gasteiger partial charge in [-0.15, -0.1) is 0 Å². The number of hydrogen-bond donors (Lipinski definition) is 1. The zero-order valence-corrected chi connectivity index (χ0v) is 22.8. The molecular weight excluding hydrogens is 475 g/mol. The summed E-state index contributed by atoms with van der Waals surface area (Å²) in [5, 5.41) is 9.73. The highest BCUT2D eigenvalue weighted by Crippen LogP contribution is 2.66. The third-order valence-electron chi connectivity index (χ3n) is 9.98. The Morgan fingerprint density at radius 3 is 2.58 bits per heavy atom. The van der Waals surface area contributed by atoms with Gasteiger partial charge in [-0.1, -0.05) is 63.1 Å². The molecule has 3 aromatic carbocycles. The fourth-order valence-corrected chi connectivity index (χ4v) is 7.78. The molecule has 4 atom stereocenters. The second-order valence-corrected chi connectivity index (χ2v) is 12.6. The fourth-order valence-electron chi connectivity index (χ4n) is 7.78. The Labute approximate surface area is 225 Å². The number of benzene rings is 3. The molecule has 1 N–H and O–H groups in total. The van der Waals surface area contributed by atoms with Crippen LogP contribution in [0.25, 0.3) is 11.1 Å². The lowest BCUT2D eigenvalue weighted by atomic mass is 9.75. The van der Waals surface area contributed by atoms with Crippen molar-refractivity contribution < 1.29 is 19.0 Å². The van der Waals surface area contributed by atoms with E-state index in [1.165, 1.54) is 24.0 Å². The molecular formula is C34H37FO3. The van der Waals surface area contributed by atoms with Gasteiger partial charge < -0.3 is 9.84 Å². The molecule has 0 heterocycles. The van der Waals surface area contributed by atoms with Crippen LogP contribution in [0.2, 0.25) is 0 Å². The first-order valence-electron chi connectivity index (χ1n) is 14.0. The van der Waals surface area contributed by atoms with Gasteiger partial charge in [-0.05, 0) is 102 Å². The number of aryl methyl sites for hydroxylation is 2. The Kier molecular flexibility index (Phi) is 5.93. The maximum Gasteiger partial charge on any atom is 0.307 e. The SMILES string of the molecule is Cc1ccc(F)c(-c2ccc(COc3ccc4c(c3)[C@@]3(CC4)[C@H](C)[C@H]3C(=O)O)cc2[C@H]2CCCC2(C)C)c1. The van der Waals surface area contributed by atoms with E-state index in [1.807, 2.05) is 25.1 Å². The fraction of sp³-hybridized carbons (Fsp3) is 0.441. The van der Waals surface area contributed by atoms with Gasteiger partial charge >= 0.3 is 5.97 Å². The lowest BCUT2D eigenvalue weighted by molar-refractivity contribution is -0.139. The van der Waals surface area contributed by atoms with Crippen LogP contribution in [0.5, 0.6) is 5.75 Å². The van der Waals surface area contributed by atoms with Crippen molar-refractivity contribution in [2.75, 3.05) is 0 Å². The van der Waals surface area contributed by atoms with E-state index in [1.54, 1.807) is 6.07 Å². The van der Waals surface area contributed by atoms with Crippen molar-refractivity contribution in [2.45, 2.75) is 77.7 Å². The summed E-state index contributed by atoms with van der Waals surface area (Å²) in [6, 6.07) is 17.9. The predicted octanol–water partition coefficient (Wildman–Crippen LogP) is 8.21. The molecule has 0 radical (unpaired) electrons. The number of ether oxygens (including phenoxy) is 1. The zero-order chi connectivity index (χ0) is 26.8. The van der Waals surface area contributed by atoms with Crippen molar-refractivity contribution in [1.82, 2.24) is 0 Å². The monoisotopic (exact) mass is 512 g/mol. The average molecular weight is 513 g/mol. The first-order valence-corrected chi connectivity index (χ1v) is 14.0. The van der Waals surface area contributed by atoms with Crippen molar-refractivity contribution in [3.05, 3.63) is 88.2 Å². The molecule has 3 aliphatic carbocycles. The van der Waals surface area contributed by atoms with E-state index < -0.39 is 5.97 Å². The van der Waals surface area contributed by atoms with E-state index in [0.29, 0.717) is 18.1 Å². The molecule has 0 saturated heterocycles. The van der Waals surface area contributed by atoms with Crippen LogP contribution in [-0.2, 0) is 23.2 Å². The van der Waals surface area contributed by atoms with E-state index in [-0.39, 0.29) is 28.5 Å². The maximum absolute atomic E-state index is 15.0. The second kappa shape index (κ2) is 8.97. The largest absolute Gasteiger partial charge is 0.489 e. The van der Waals surface area contributed by atoms with E-state index in [2.05, 4.69) is 51.1 Å². The molecule has 6 rings (SSSR count). The van der Waals surface area contributed by atoms with Crippen LogP contribution in [-0.4, -0.2) is 11.1 Å². The van der Waals surface area contributed by atoms with Crippen molar-refractivity contribution >= 4 is 5.97 Å². The summed E-state index contributed by atoms with van der Waals surface area (Å²) in [7, 11) is 0. The molecule has 0 amide bonds. The third-order valence-corrected chi connectivity index (χ3v) is 9.98. The van der Waals surface area contributed by atoms with Crippen LogP contribution in [0, 0.1) is 30.0 Å².